The van der Waals surface area contributed by atoms with Crippen LogP contribution in [-0.4, -0.2) is 13.3 Å². The van der Waals surface area contributed by atoms with Gasteiger partial charge in [0.2, 0.25) is 0 Å². The molecule has 1 aromatic rings. The summed E-state index contributed by atoms with van der Waals surface area (Å²) in [4.78, 5) is 10.6. The van der Waals surface area contributed by atoms with Gasteiger partial charge in [0.15, 0.2) is 6.29 Å². The highest BCUT2D eigenvalue weighted by Gasteiger charge is 2.01. The van der Waals surface area contributed by atoms with Crippen molar-refractivity contribution in [2.45, 2.75) is 0 Å². The van der Waals surface area contributed by atoms with E-state index in [0.29, 0.717) is 5.56 Å². The molecule has 0 amide bonds. The fourth-order valence-electron chi connectivity index (χ4n) is 1.15. The van der Waals surface area contributed by atoms with Gasteiger partial charge in [-0.2, -0.15) is 0 Å². The van der Waals surface area contributed by atoms with E-state index < -0.39 is 0 Å². The van der Waals surface area contributed by atoms with Crippen molar-refractivity contribution in [1.82, 2.24) is 0 Å². The molecule has 2 heteroatoms. The number of para-hydroxylation sites is 1. The van der Waals surface area contributed by atoms with Crippen LogP contribution in [0.25, 0.3) is 6.08 Å². The molecular weight excluding hydrogens is 150 g/mol. The first-order chi connectivity index (χ1) is 5.83. The van der Waals surface area contributed by atoms with E-state index in [1.165, 1.54) is 0 Å². The van der Waals surface area contributed by atoms with Crippen molar-refractivity contribution in [3.8, 4) is 0 Å². The van der Waals surface area contributed by atoms with Gasteiger partial charge in [-0.3, -0.25) is 4.79 Å². The monoisotopic (exact) mass is 161 g/mol. The van der Waals surface area contributed by atoms with Crippen LogP contribution in [0.1, 0.15) is 15.9 Å². The Bertz CT molecular complexity index is 278. The van der Waals surface area contributed by atoms with Crippen molar-refractivity contribution in [3.05, 3.63) is 35.9 Å². The molecule has 0 bridgehead atoms. The summed E-state index contributed by atoms with van der Waals surface area (Å²) in [5, 5.41) is 2.96. The van der Waals surface area contributed by atoms with Crippen LogP contribution in [0.3, 0.4) is 0 Å². The van der Waals surface area contributed by atoms with E-state index in [-0.39, 0.29) is 0 Å². The second-order valence-corrected chi connectivity index (χ2v) is 2.38. The van der Waals surface area contributed by atoms with Gasteiger partial charge in [0.25, 0.3) is 0 Å². The standard InChI is InChI=1S/C10H11NO/c1-3-8-5-4-6-9(7-12)10(8)11-2/h3-7,11H,1H2,2H3. The summed E-state index contributed by atoms with van der Waals surface area (Å²) in [6.07, 6.45) is 2.55. The van der Waals surface area contributed by atoms with Crippen molar-refractivity contribution in [2.75, 3.05) is 12.4 Å². The molecule has 12 heavy (non-hydrogen) atoms. The molecule has 62 valence electrons. The Morgan fingerprint density at radius 3 is 2.58 bits per heavy atom. The van der Waals surface area contributed by atoms with Crippen LogP contribution in [0.4, 0.5) is 5.69 Å². The lowest BCUT2D eigenvalue weighted by atomic mass is 10.1. The van der Waals surface area contributed by atoms with E-state index in [0.717, 1.165) is 17.5 Å². The summed E-state index contributed by atoms with van der Waals surface area (Å²) < 4.78 is 0. The first-order valence-corrected chi connectivity index (χ1v) is 3.72. The van der Waals surface area contributed by atoms with Gasteiger partial charge in [-0.1, -0.05) is 24.8 Å². The molecule has 0 unspecified atom stereocenters. The minimum absolute atomic E-state index is 0.662. The van der Waals surface area contributed by atoms with Crippen LogP contribution in [0.5, 0.6) is 0 Å². The van der Waals surface area contributed by atoms with Gasteiger partial charge in [0.1, 0.15) is 0 Å². The third kappa shape index (κ3) is 1.37. The van der Waals surface area contributed by atoms with Gasteiger partial charge < -0.3 is 5.32 Å². The van der Waals surface area contributed by atoms with Crippen LogP contribution in [0.2, 0.25) is 0 Å². The Balaban J connectivity index is 3.30. The number of hydrogen-bond acceptors (Lipinski definition) is 2. The average Bonchev–Trinajstić information content (AvgIpc) is 2.16. The molecule has 1 rings (SSSR count). The minimum atomic E-state index is 0.662. The highest BCUT2D eigenvalue weighted by Crippen LogP contribution is 2.19. The molecule has 0 spiro atoms. The fourth-order valence-corrected chi connectivity index (χ4v) is 1.15. The second kappa shape index (κ2) is 3.72. The van der Waals surface area contributed by atoms with E-state index in [1.807, 2.05) is 12.1 Å². The van der Waals surface area contributed by atoms with Gasteiger partial charge in [-0.05, 0) is 11.6 Å². The number of hydrogen-bond donors (Lipinski definition) is 1. The quantitative estimate of drug-likeness (QED) is 0.688. The predicted octanol–water partition coefficient (Wildman–Crippen LogP) is 2.18. The van der Waals surface area contributed by atoms with Gasteiger partial charge in [0, 0.05) is 12.6 Å². The Morgan fingerprint density at radius 2 is 2.08 bits per heavy atom. The summed E-state index contributed by atoms with van der Waals surface area (Å²) in [7, 11) is 1.79. The van der Waals surface area contributed by atoms with E-state index in [1.54, 1.807) is 19.2 Å². The minimum Gasteiger partial charge on any atom is -0.387 e. The molecule has 0 aliphatic rings. The van der Waals surface area contributed by atoms with Crippen molar-refractivity contribution in [1.29, 1.82) is 0 Å². The summed E-state index contributed by atoms with van der Waals surface area (Å²) >= 11 is 0. The van der Waals surface area contributed by atoms with Crippen molar-refractivity contribution < 1.29 is 4.79 Å². The van der Waals surface area contributed by atoms with Crippen LogP contribution in [0.15, 0.2) is 24.8 Å². The molecule has 1 N–H and O–H groups in total. The zero-order chi connectivity index (χ0) is 8.97. The third-order valence-corrected chi connectivity index (χ3v) is 1.73. The van der Waals surface area contributed by atoms with Crippen LogP contribution in [-0.2, 0) is 0 Å². The highest BCUT2D eigenvalue weighted by atomic mass is 16.1. The first-order valence-electron chi connectivity index (χ1n) is 3.72. The Kier molecular flexibility index (Phi) is 2.64. The molecule has 0 aliphatic carbocycles. The van der Waals surface area contributed by atoms with Crippen molar-refractivity contribution in [3.63, 3.8) is 0 Å². The van der Waals surface area contributed by atoms with Gasteiger partial charge in [0.05, 0.1) is 5.69 Å². The summed E-state index contributed by atoms with van der Waals surface area (Å²) in [6.45, 7) is 3.66. The molecule has 0 aromatic heterocycles. The molecule has 0 atom stereocenters. The zero-order valence-corrected chi connectivity index (χ0v) is 7.00. The molecule has 0 fully saturated rings. The van der Waals surface area contributed by atoms with Gasteiger partial charge in [-0.15, -0.1) is 0 Å². The first kappa shape index (κ1) is 8.53. The lowest BCUT2D eigenvalue weighted by Gasteiger charge is -2.06. The average molecular weight is 161 g/mol. The van der Waals surface area contributed by atoms with Crippen LogP contribution >= 0.6 is 0 Å². The van der Waals surface area contributed by atoms with Gasteiger partial charge in [-0.25, -0.2) is 0 Å². The lowest BCUT2D eigenvalue weighted by molar-refractivity contribution is 0.112. The van der Waals surface area contributed by atoms with E-state index in [4.69, 9.17) is 0 Å². The molecule has 1 aromatic carbocycles. The number of anilines is 1. The fraction of sp³-hybridized carbons (Fsp3) is 0.100. The molecule has 0 aliphatic heterocycles. The number of nitrogens with one attached hydrogen (secondary N) is 1. The Hall–Kier alpha value is -1.57. The highest BCUT2D eigenvalue weighted by molar-refractivity contribution is 5.88. The summed E-state index contributed by atoms with van der Waals surface area (Å²) in [5.41, 5.74) is 2.44. The summed E-state index contributed by atoms with van der Waals surface area (Å²) in [6, 6.07) is 5.51. The number of carbonyl (C=O) groups excluding carboxylic acids is 1. The Labute approximate surface area is 71.9 Å². The molecule has 0 heterocycles. The van der Waals surface area contributed by atoms with E-state index >= 15 is 0 Å². The van der Waals surface area contributed by atoms with Crippen LogP contribution in [0, 0.1) is 0 Å². The molecule has 0 radical (unpaired) electrons. The normalized spacial score (nSPS) is 9.08. The van der Waals surface area contributed by atoms with Gasteiger partial charge >= 0.3 is 0 Å². The summed E-state index contributed by atoms with van der Waals surface area (Å²) in [5.74, 6) is 0. The predicted molar refractivity (Wildman–Crippen MR) is 51.5 cm³/mol. The zero-order valence-electron chi connectivity index (χ0n) is 7.00. The molecule has 2 nitrogen and oxygen atoms in total. The number of rotatable bonds is 3. The van der Waals surface area contributed by atoms with E-state index in [2.05, 4.69) is 11.9 Å². The Morgan fingerprint density at radius 1 is 1.42 bits per heavy atom. The van der Waals surface area contributed by atoms with Crippen LogP contribution < -0.4 is 5.32 Å². The number of carbonyl (C=O) groups is 1. The molecular formula is C10H11NO. The maximum absolute atomic E-state index is 10.6. The van der Waals surface area contributed by atoms with E-state index in [9.17, 15) is 4.79 Å². The maximum Gasteiger partial charge on any atom is 0.152 e. The third-order valence-electron chi connectivity index (χ3n) is 1.73. The van der Waals surface area contributed by atoms with Crippen molar-refractivity contribution in [2.24, 2.45) is 0 Å². The largest absolute Gasteiger partial charge is 0.387 e. The topological polar surface area (TPSA) is 29.1 Å². The maximum atomic E-state index is 10.6. The second-order valence-electron chi connectivity index (χ2n) is 2.38. The molecule has 0 saturated carbocycles. The smallest absolute Gasteiger partial charge is 0.152 e. The number of aldehydes is 1. The van der Waals surface area contributed by atoms with Crippen molar-refractivity contribution >= 4 is 18.0 Å². The molecule has 0 saturated heterocycles. The SMILES string of the molecule is C=Cc1cccc(C=O)c1NC. The lowest BCUT2D eigenvalue weighted by Crippen LogP contribution is -1.96. The number of benzene rings is 1.